The molecule has 5 heteroatoms. The lowest BCUT2D eigenvalue weighted by Crippen LogP contribution is -2.23. The average Bonchev–Trinajstić information content (AvgIpc) is 2.88. The Labute approximate surface area is 231 Å². The van der Waals surface area contributed by atoms with Gasteiger partial charge in [-0.2, -0.15) is 0 Å². The van der Waals surface area contributed by atoms with Crippen LogP contribution in [0.3, 0.4) is 0 Å². The van der Waals surface area contributed by atoms with E-state index in [9.17, 15) is 4.39 Å². The summed E-state index contributed by atoms with van der Waals surface area (Å²) in [6.07, 6.45) is 6.04. The molecule has 0 aliphatic heterocycles. The fraction of sp³-hybridized carbons (Fsp3) is 0.424. The number of aliphatic imine (C=N–C) groups is 1. The van der Waals surface area contributed by atoms with Crippen molar-refractivity contribution in [2.24, 2.45) is 4.99 Å². The average molecular weight is 521 g/mol. The van der Waals surface area contributed by atoms with E-state index >= 15 is 0 Å². The third kappa shape index (κ3) is 12.8. The molecule has 0 saturated carbocycles. The highest BCUT2D eigenvalue weighted by Gasteiger charge is 2.09. The molecule has 0 heterocycles. The Morgan fingerprint density at radius 3 is 2.21 bits per heavy atom. The quantitative estimate of drug-likeness (QED) is 0.162. The molecular weight excluding hydrogens is 471 g/mol. The van der Waals surface area contributed by atoms with Gasteiger partial charge in [0, 0.05) is 23.8 Å². The van der Waals surface area contributed by atoms with Crippen LogP contribution >= 0.6 is 0 Å². The van der Waals surface area contributed by atoms with Crippen LogP contribution in [0.1, 0.15) is 90.0 Å². The Morgan fingerprint density at radius 2 is 1.63 bits per heavy atom. The number of benzene rings is 2. The number of allylic oxidation sites excluding steroid dienone is 2. The van der Waals surface area contributed by atoms with E-state index in [-0.39, 0.29) is 6.04 Å². The van der Waals surface area contributed by atoms with Crippen molar-refractivity contribution >= 4 is 11.4 Å². The van der Waals surface area contributed by atoms with E-state index in [4.69, 9.17) is 4.99 Å². The molecule has 0 radical (unpaired) electrons. The smallest absolute Gasteiger partial charge is 0.127 e. The molecule has 0 aromatic heterocycles. The van der Waals surface area contributed by atoms with Crippen molar-refractivity contribution in [2.45, 2.75) is 92.8 Å². The van der Waals surface area contributed by atoms with E-state index < -0.39 is 6.17 Å². The lowest BCUT2D eigenvalue weighted by atomic mass is 10.1. The maximum Gasteiger partial charge on any atom is 0.127 e. The van der Waals surface area contributed by atoms with Gasteiger partial charge in [0.05, 0.1) is 5.71 Å². The van der Waals surface area contributed by atoms with Gasteiger partial charge in [0.25, 0.3) is 0 Å². The molecular formula is C33H49FN4. The van der Waals surface area contributed by atoms with Crippen molar-refractivity contribution in [3.05, 3.63) is 102 Å². The van der Waals surface area contributed by atoms with Crippen LogP contribution in [0, 0.1) is 6.92 Å². The van der Waals surface area contributed by atoms with E-state index in [1.807, 2.05) is 45.0 Å². The molecule has 0 aliphatic carbocycles. The number of nitrogens with zero attached hydrogens (tertiary/aromatic N) is 1. The van der Waals surface area contributed by atoms with Crippen molar-refractivity contribution in [2.75, 3.05) is 5.32 Å². The Kier molecular flexibility index (Phi) is 15.5. The number of nitrogens with one attached hydrogen (secondary N) is 3. The molecule has 3 N–H and O–H groups in total. The lowest BCUT2D eigenvalue weighted by molar-refractivity contribution is 0.360. The number of anilines is 1. The summed E-state index contributed by atoms with van der Waals surface area (Å²) in [4.78, 5) is 4.83. The highest BCUT2D eigenvalue weighted by atomic mass is 19.1. The minimum atomic E-state index is -0.855. The zero-order valence-electron chi connectivity index (χ0n) is 24.6. The lowest BCUT2D eigenvalue weighted by Gasteiger charge is -2.19. The molecule has 0 saturated heterocycles. The molecule has 2 unspecified atom stereocenters. The SMILES string of the molecule is C=C(NC(=C/CCCCC)/N=C(\C)C(=C)NC(C)c1ccc(C)cc1)Nc1ccc(CC(C)F)cc1.CC. The number of alkyl halides is 1. The molecule has 0 amide bonds. The largest absolute Gasteiger partial charge is 0.378 e. The standard InChI is InChI=1S/C31H43FN4.C2H6/c1-8-9-10-11-12-31(36-27(7)35-30-19-15-28(16-20-30)21-23(3)32)34-25(5)24(4)33-26(6)29-17-13-22(2)14-18-29;1-2/h12-20,23,26,33,35-36H,4,7-11,21H2,1-3,5-6H3;1-2H3/b31-12+,34-25+;. The van der Waals surface area contributed by atoms with Gasteiger partial charge in [-0.15, -0.1) is 0 Å². The maximum absolute atomic E-state index is 13.3. The van der Waals surface area contributed by atoms with Crippen molar-refractivity contribution in [1.82, 2.24) is 10.6 Å². The first-order chi connectivity index (χ1) is 18.2. The Morgan fingerprint density at radius 1 is 1.00 bits per heavy atom. The summed E-state index contributed by atoms with van der Waals surface area (Å²) in [6, 6.07) is 16.3. The van der Waals surface area contributed by atoms with Crippen molar-refractivity contribution in [1.29, 1.82) is 0 Å². The summed E-state index contributed by atoms with van der Waals surface area (Å²) in [7, 11) is 0. The van der Waals surface area contributed by atoms with Gasteiger partial charge in [-0.3, -0.25) is 0 Å². The van der Waals surface area contributed by atoms with Crippen LogP contribution in [0.25, 0.3) is 0 Å². The van der Waals surface area contributed by atoms with Gasteiger partial charge in [-0.1, -0.05) is 88.7 Å². The zero-order chi connectivity index (χ0) is 28.5. The number of hydrogen-bond donors (Lipinski definition) is 3. The molecule has 0 bridgehead atoms. The van der Waals surface area contributed by atoms with Crippen LogP contribution in [0.15, 0.2) is 90.1 Å². The van der Waals surface area contributed by atoms with Gasteiger partial charge in [-0.05, 0) is 69.9 Å². The first-order valence-corrected chi connectivity index (χ1v) is 13.9. The van der Waals surface area contributed by atoms with Crippen molar-refractivity contribution in [3.8, 4) is 0 Å². The van der Waals surface area contributed by atoms with Gasteiger partial charge in [-0.25, -0.2) is 9.38 Å². The Hall–Kier alpha value is -3.34. The monoisotopic (exact) mass is 520 g/mol. The molecule has 0 aliphatic rings. The predicted octanol–water partition coefficient (Wildman–Crippen LogP) is 9.14. The summed E-state index contributed by atoms with van der Waals surface area (Å²) >= 11 is 0. The summed E-state index contributed by atoms with van der Waals surface area (Å²) < 4.78 is 13.3. The number of aryl methyl sites for hydroxylation is 1. The number of hydrogen-bond acceptors (Lipinski definition) is 4. The van der Waals surface area contributed by atoms with Gasteiger partial charge in [0.1, 0.15) is 17.8 Å². The molecule has 208 valence electrons. The van der Waals surface area contributed by atoms with E-state index in [0.29, 0.717) is 12.2 Å². The van der Waals surface area contributed by atoms with Gasteiger partial charge >= 0.3 is 0 Å². The molecule has 2 aromatic carbocycles. The molecule has 2 atom stereocenters. The van der Waals surface area contributed by atoms with Crippen LogP contribution in [0.4, 0.5) is 10.1 Å². The van der Waals surface area contributed by atoms with Crippen LogP contribution in [-0.2, 0) is 6.42 Å². The second kappa shape index (κ2) is 18.0. The predicted molar refractivity (Wildman–Crippen MR) is 165 cm³/mol. The van der Waals surface area contributed by atoms with E-state index in [2.05, 4.69) is 80.2 Å². The molecule has 4 nitrogen and oxygen atoms in total. The molecule has 2 aromatic rings. The molecule has 0 fully saturated rings. The first-order valence-electron chi connectivity index (χ1n) is 13.9. The third-order valence-corrected chi connectivity index (χ3v) is 5.88. The number of unbranched alkanes of at least 4 members (excludes halogenated alkanes) is 3. The number of halogens is 1. The summed E-state index contributed by atoms with van der Waals surface area (Å²) in [5, 5.41) is 10.0. The highest BCUT2D eigenvalue weighted by Crippen LogP contribution is 2.16. The van der Waals surface area contributed by atoms with E-state index in [1.165, 1.54) is 24.0 Å². The van der Waals surface area contributed by atoms with E-state index in [1.54, 1.807) is 6.92 Å². The van der Waals surface area contributed by atoms with Crippen molar-refractivity contribution < 1.29 is 4.39 Å². The van der Waals surface area contributed by atoms with Gasteiger partial charge in [0.2, 0.25) is 0 Å². The summed E-state index contributed by atoms with van der Waals surface area (Å²) in [5.41, 5.74) is 5.88. The zero-order valence-corrected chi connectivity index (χ0v) is 24.6. The van der Waals surface area contributed by atoms with Crippen LogP contribution in [-0.4, -0.2) is 11.9 Å². The Bertz CT molecular complexity index is 1030. The minimum Gasteiger partial charge on any atom is -0.378 e. The van der Waals surface area contributed by atoms with E-state index in [0.717, 1.165) is 41.3 Å². The molecule has 38 heavy (non-hydrogen) atoms. The summed E-state index contributed by atoms with van der Waals surface area (Å²) in [6.45, 7) is 22.3. The summed E-state index contributed by atoms with van der Waals surface area (Å²) in [5.74, 6) is 1.35. The fourth-order valence-corrected chi connectivity index (χ4v) is 3.72. The van der Waals surface area contributed by atoms with Crippen LogP contribution in [0.5, 0.6) is 0 Å². The highest BCUT2D eigenvalue weighted by molar-refractivity contribution is 5.97. The third-order valence-electron chi connectivity index (χ3n) is 5.88. The maximum atomic E-state index is 13.3. The second-order valence-electron chi connectivity index (χ2n) is 9.45. The fourth-order valence-electron chi connectivity index (χ4n) is 3.72. The topological polar surface area (TPSA) is 48.5 Å². The first kappa shape index (κ1) is 32.7. The van der Waals surface area contributed by atoms with Gasteiger partial charge < -0.3 is 16.0 Å². The van der Waals surface area contributed by atoms with Crippen molar-refractivity contribution in [3.63, 3.8) is 0 Å². The normalized spacial score (nSPS) is 13.1. The van der Waals surface area contributed by atoms with Gasteiger partial charge in [0.15, 0.2) is 0 Å². The number of rotatable bonds is 15. The second-order valence-corrected chi connectivity index (χ2v) is 9.45. The molecule has 0 spiro atoms. The minimum absolute atomic E-state index is 0.119. The van der Waals surface area contributed by atoms with Crippen LogP contribution in [0.2, 0.25) is 0 Å². The Balaban J connectivity index is 0.00000352. The van der Waals surface area contributed by atoms with Crippen LogP contribution < -0.4 is 16.0 Å². The molecule has 2 rings (SSSR count).